The maximum Gasteiger partial charge on any atom is 0.0648 e. The highest BCUT2D eigenvalue weighted by molar-refractivity contribution is 6.34. The van der Waals surface area contributed by atoms with Crippen molar-refractivity contribution in [2.45, 2.75) is 0 Å². The molecule has 1 heterocycles. The van der Waals surface area contributed by atoms with Gasteiger partial charge < -0.3 is 9.80 Å². The molecule has 0 saturated carbocycles. The van der Waals surface area contributed by atoms with Gasteiger partial charge in [-0.25, -0.2) is 0 Å². The first-order chi connectivity index (χ1) is 31.2. The second-order valence-electron chi connectivity index (χ2n) is 15.9. The lowest BCUT2D eigenvalue weighted by Crippen LogP contribution is -2.13. The van der Waals surface area contributed by atoms with Crippen LogP contribution in [0.25, 0.3) is 66.8 Å². The Balaban J connectivity index is 1.10. The van der Waals surface area contributed by atoms with Crippen molar-refractivity contribution in [2.75, 3.05) is 9.80 Å². The average Bonchev–Trinajstić information content (AvgIpc) is 3.48. The van der Waals surface area contributed by atoms with Gasteiger partial charge in [0, 0.05) is 33.8 Å². The van der Waals surface area contributed by atoms with E-state index < -0.39 is 0 Å². The van der Waals surface area contributed by atoms with Crippen molar-refractivity contribution in [3.63, 3.8) is 0 Å². The average molecular weight is 825 g/mol. The molecular weight excluding hydrogens is 784 g/mol. The van der Waals surface area contributed by atoms with Crippen LogP contribution in [0.1, 0.15) is 0 Å². The minimum absolute atomic E-state index is 0.680. The molecule has 0 fully saturated rings. The van der Waals surface area contributed by atoms with Crippen LogP contribution in [-0.4, -0.2) is 0 Å². The summed E-state index contributed by atoms with van der Waals surface area (Å²) in [5.41, 5.74) is 20.2. The van der Waals surface area contributed by atoms with E-state index in [2.05, 4.69) is 246 Å². The molecule has 1 aliphatic rings. The number of benzene rings is 10. The highest BCUT2D eigenvalue weighted by atomic mass is 35.5. The minimum atomic E-state index is 0.680. The van der Waals surface area contributed by atoms with Gasteiger partial charge >= 0.3 is 0 Å². The van der Waals surface area contributed by atoms with Crippen LogP contribution in [0.2, 0.25) is 5.02 Å². The van der Waals surface area contributed by atoms with Gasteiger partial charge in [-0.05, 0) is 129 Å². The number of halogens is 1. The van der Waals surface area contributed by atoms with Gasteiger partial charge in [0.05, 0.1) is 22.1 Å². The van der Waals surface area contributed by atoms with Crippen molar-refractivity contribution >= 4 is 45.7 Å². The molecule has 10 aromatic carbocycles. The summed E-state index contributed by atoms with van der Waals surface area (Å²) in [5, 5.41) is 0.680. The van der Waals surface area contributed by atoms with E-state index >= 15 is 0 Å². The van der Waals surface area contributed by atoms with Crippen molar-refractivity contribution in [2.24, 2.45) is 0 Å². The first kappa shape index (κ1) is 38.0. The quantitative estimate of drug-likeness (QED) is 0.151. The van der Waals surface area contributed by atoms with E-state index in [9.17, 15) is 0 Å². The Morgan fingerprint density at radius 2 is 0.714 bits per heavy atom. The Morgan fingerprint density at radius 1 is 0.270 bits per heavy atom. The monoisotopic (exact) mass is 824 g/mol. The van der Waals surface area contributed by atoms with E-state index in [1.807, 2.05) is 12.1 Å². The Morgan fingerprint density at radius 3 is 1.32 bits per heavy atom. The Labute approximate surface area is 374 Å². The predicted molar refractivity (Wildman–Crippen MR) is 267 cm³/mol. The summed E-state index contributed by atoms with van der Waals surface area (Å²) in [6.07, 6.45) is 0. The summed E-state index contributed by atoms with van der Waals surface area (Å²) < 4.78 is 0. The number of hydrogen-bond donors (Lipinski definition) is 0. The second kappa shape index (κ2) is 16.5. The van der Waals surface area contributed by atoms with E-state index in [0.29, 0.717) is 5.02 Å². The van der Waals surface area contributed by atoms with Gasteiger partial charge in [0.2, 0.25) is 0 Å². The molecular formula is C60H41ClN2. The van der Waals surface area contributed by atoms with Gasteiger partial charge in [-0.1, -0.05) is 181 Å². The predicted octanol–water partition coefficient (Wildman–Crippen LogP) is 17.6. The lowest BCUT2D eigenvalue weighted by Gasteiger charge is -2.30. The summed E-state index contributed by atoms with van der Waals surface area (Å²) in [6.45, 7) is 0. The molecule has 0 saturated heterocycles. The summed E-state index contributed by atoms with van der Waals surface area (Å²) in [6, 6.07) is 89.0. The maximum absolute atomic E-state index is 7.27. The fourth-order valence-corrected chi connectivity index (χ4v) is 9.32. The number of rotatable bonds is 8. The van der Waals surface area contributed by atoms with Crippen molar-refractivity contribution in [3.05, 3.63) is 254 Å². The largest absolute Gasteiger partial charge is 0.311 e. The molecule has 0 amide bonds. The molecule has 0 spiro atoms. The summed E-state index contributed by atoms with van der Waals surface area (Å²) in [7, 11) is 0. The van der Waals surface area contributed by atoms with Crippen LogP contribution < -0.4 is 9.80 Å². The van der Waals surface area contributed by atoms with Crippen molar-refractivity contribution in [1.29, 1.82) is 0 Å². The third-order valence-electron chi connectivity index (χ3n) is 12.0. The molecule has 10 aromatic rings. The van der Waals surface area contributed by atoms with Gasteiger partial charge in [-0.15, -0.1) is 0 Å². The third kappa shape index (κ3) is 7.17. The Kier molecular flexibility index (Phi) is 9.97. The van der Waals surface area contributed by atoms with Crippen LogP contribution in [0.5, 0.6) is 0 Å². The van der Waals surface area contributed by atoms with Crippen LogP contribution in [0.4, 0.5) is 34.1 Å². The molecule has 0 radical (unpaired) electrons. The topological polar surface area (TPSA) is 6.48 Å². The van der Waals surface area contributed by atoms with E-state index in [4.69, 9.17) is 11.6 Å². The lowest BCUT2D eigenvalue weighted by atomic mass is 9.89. The van der Waals surface area contributed by atoms with E-state index in [0.717, 1.165) is 78.6 Å². The zero-order chi connectivity index (χ0) is 42.1. The number of hydrogen-bond acceptors (Lipinski definition) is 2. The fraction of sp³-hybridized carbons (Fsp3) is 0. The Bertz CT molecular complexity index is 3120. The zero-order valence-corrected chi connectivity index (χ0v) is 35.2. The summed E-state index contributed by atoms with van der Waals surface area (Å²) in [4.78, 5) is 4.69. The SMILES string of the molecule is Clc1ccccc1N1c2ccc(-c3ccc(N(c4ccccc4)c4ccccc4)cc3)cc2-c2ccccc2-c2cccc(-c3cc(-c4ccccc4)cc(-c4ccccc4)c3)c21. The van der Waals surface area contributed by atoms with E-state index in [1.165, 1.54) is 22.3 Å². The molecule has 0 aromatic heterocycles. The normalized spacial score (nSPS) is 11.5. The summed E-state index contributed by atoms with van der Waals surface area (Å²) in [5.74, 6) is 0. The highest BCUT2D eigenvalue weighted by Crippen LogP contribution is 2.55. The van der Waals surface area contributed by atoms with Crippen molar-refractivity contribution in [3.8, 4) is 66.8 Å². The molecule has 3 heteroatoms. The van der Waals surface area contributed by atoms with Gasteiger partial charge in [0.1, 0.15) is 0 Å². The smallest absolute Gasteiger partial charge is 0.0648 e. The van der Waals surface area contributed by atoms with Crippen LogP contribution >= 0.6 is 11.6 Å². The minimum Gasteiger partial charge on any atom is -0.311 e. The number of nitrogens with zero attached hydrogens (tertiary/aromatic N) is 2. The number of para-hydroxylation sites is 4. The molecule has 0 atom stereocenters. The van der Waals surface area contributed by atoms with Gasteiger partial charge in [0.15, 0.2) is 0 Å². The molecule has 1 aliphatic heterocycles. The molecule has 298 valence electrons. The first-order valence-corrected chi connectivity index (χ1v) is 21.7. The van der Waals surface area contributed by atoms with Crippen LogP contribution in [0.15, 0.2) is 249 Å². The van der Waals surface area contributed by atoms with Crippen molar-refractivity contribution in [1.82, 2.24) is 0 Å². The number of fused-ring (bicyclic) bond motifs is 5. The van der Waals surface area contributed by atoms with Crippen LogP contribution in [0.3, 0.4) is 0 Å². The molecule has 63 heavy (non-hydrogen) atoms. The molecule has 11 rings (SSSR count). The number of anilines is 6. The lowest BCUT2D eigenvalue weighted by molar-refractivity contribution is 1.28. The first-order valence-electron chi connectivity index (χ1n) is 21.4. The summed E-state index contributed by atoms with van der Waals surface area (Å²) >= 11 is 7.27. The molecule has 0 N–H and O–H groups in total. The van der Waals surface area contributed by atoms with Gasteiger partial charge in [-0.2, -0.15) is 0 Å². The second-order valence-corrected chi connectivity index (χ2v) is 16.3. The van der Waals surface area contributed by atoms with E-state index in [1.54, 1.807) is 0 Å². The van der Waals surface area contributed by atoms with E-state index in [-0.39, 0.29) is 0 Å². The molecule has 0 bridgehead atoms. The standard InChI is InChI=1S/C60H41ClN2/c61-57-30-15-16-31-59(57)63-58-37-34-45(44-32-35-51(36-33-44)62(49-22-9-3-10-23-49)50-24-11-4-12-25-50)41-56(58)54-27-14-13-26-53(54)55-29-17-28-52(60(55)63)48-39-46(42-18-5-1-6-19-42)38-47(40-48)43-20-7-2-8-21-43/h1-41H. The highest BCUT2D eigenvalue weighted by Gasteiger charge is 2.30. The van der Waals surface area contributed by atoms with Gasteiger partial charge in [-0.3, -0.25) is 0 Å². The fourth-order valence-electron chi connectivity index (χ4n) is 9.10. The Hall–Kier alpha value is -7.91. The third-order valence-corrected chi connectivity index (χ3v) is 12.4. The maximum atomic E-state index is 7.27. The molecule has 2 nitrogen and oxygen atoms in total. The molecule has 0 unspecified atom stereocenters. The van der Waals surface area contributed by atoms with Crippen LogP contribution in [-0.2, 0) is 0 Å². The van der Waals surface area contributed by atoms with Crippen LogP contribution in [0, 0.1) is 0 Å². The van der Waals surface area contributed by atoms with Crippen molar-refractivity contribution < 1.29 is 0 Å². The van der Waals surface area contributed by atoms with Gasteiger partial charge in [0.25, 0.3) is 0 Å². The molecule has 0 aliphatic carbocycles. The zero-order valence-electron chi connectivity index (χ0n) is 34.4.